The Bertz CT molecular complexity index is 1420. The molecule has 9 heteroatoms. The summed E-state index contributed by atoms with van der Waals surface area (Å²) in [4.78, 5) is 31.9. The van der Waals surface area contributed by atoms with Crippen LogP contribution in [0.2, 0.25) is 0 Å². The highest BCUT2D eigenvalue weighted by Gasteiger charge is 2.26. The molecule has 0 saturated heterocycles. The van der Waals surface area contributed by atoms with Crippen LogP contribution in [0.4, 0.5) is 4.39 Å². The number of carboxylic acid groups (broad SMARTS) is 2. The Hall–Kier alpha value is -3.95. The molecule has 39 heavy (non-hydrogen) atoms. The number of aromatic nitrogens is 2. The number of hydrogen-bond donors (Lipinski definition) is 4. The van der Waals surface area contributed by atoms with Crippen molar-refractivity contribution in [3.63, 3.8) is 0 Å². The fourth-order valence-electron chi connectivity index (χ4n) is 4.99. The van der Waals surface area contributed by atoms with Crippen molar-refractivity contribution >= 4 is 18.0 Å². The lowest BCUT2D eigenvalue weighted by Crippen LogP contribution is -2.19. The number of rotatable bonds is 9. The van der Waals surface area contributed by atoms with Crippen molar-refractivity contribution in [3.8, 4) is 22.4 Å². The molecule has 204 valence electrons. The number of carboxylic acids is 2. The third-order valence-electron chi connectivity index (χ3n) is 6.74. The maximum absolute atomic E-state index is 13.9. The van der Waals surface area contributed by atoms with Crippen molar-refractivity contribution in [1.29, 1.82) is 0 Å². The largest absolute Gasteiger partial charge is 0.481 e. The molecule has 0 fully saturated rings. The standard InChI is InChI=1S/C30H31FN2O6/c1-16(2)28-23(11-10-19(34)14-20(35)15-26(36)37)27(17-6-8-18(31)9-7-17)22-4-3-5-24-21(29(22)33-28)12-13-25(32-24)30(38)39/h6-13,16,19-20,34-35H,3-5,14-15H2,1-2H3,(H,36,37)(H,38,39)/t19-,20-/m1/s1. The second-order valence-corrected chi connectivity index (χ2v) is 10.0. The lowest BCUT2D eigenvalue weighted by Gasteiger charge is -2.22. The number of carbonyl (C=O) groups is 2. The molecule has 3 aromatic rings. The molecule has 0 amide bonds. The van der Waals surface area contributed by atoms with Gasteiger partial charge >= 0.3 is 11.9 Å². The number of aromatic carboxylic acids is 1. The number of aliphatic hydroxyl groups is 2. The van der Waals surface area contributed by atoms with Gasteiger partial charge in [-0.05, 0) is 66.1 Å². The summed E-state index contributed by atoms with van der Waals surface area (Å²) in [6.07, 6.45) is 2.21. The first-order chi connectivity index (χ1) is 18.5. The third-order valence-corrected chi connectivity index (χ3v) is 6.74. The average molecular weight is 535 g/mol. The van der Waals surface area contributed by atoms with Crippen molar-refractivity contribution in [2.45, 2.75) is 64.1 Å². The zero-order chi connectivity index (χ0) is 28.3. The molecule has 2 aromatic heterocycles. The smallest absolute Gasteiger partial charge is 0.354 e. The maximum Gasteiger partial charge on any atom is 0.354 e. The number of aliphatic carboxylic acids is 1. The number of aliphatic hydroxyl groups excluding tert-OH is 2. The number of aryl methyl sites for hydroxylation is 1. The zero-order valence-corrected chi connectivity index (χ0v) is 21.8. The first-order valence-electron chi connectivity index (χ1n) is 12.9. The molecule has 1 aliphatic rings. The first-order valence-corrected chi connectivity index (χ1v) is 12.9. The van der Waals surface area contributed by atoms with Crippen molar-refractivity contribution < 1.29 is 34.4 Å². The van der Waals surface area contributed by atoms with Gasteiger partial charge in [0.1, 0.15) is 11.5 Å². The number of nitrogens with zero attached hydrogens (tertiary/aromatic N) is 2. The van der Waals surface area contributed by atoms with E-state index in [1.165, 1.54) is 24.3 Å². The van der Waals surface area contributed by atoms with Crippen molar-refractivity contribution in [2.24, 2.45) is 0 Å². The highest BCUT2D eigenvalue weighted by atomic mass is 19.1. The van der Waals surface area contributed by atoms with Gasteiger partial charge in [-0.3, -0.25) is 9.78 Å². The van der Waals surface area contributed by atoms with Crippen molar-refractivity contribution in [1.82, 2.24) is 9.97 Å². The minimum atomic E-state index is -1.20. The predicted octanol–water partition coefficient (Wildman–Crippen LogP) is 4.86. The molecule has 0 unspecified atom stereocenters. The summed E-state index contributed by atoms with van der Waals surface area (Å²) in [7, 11) is 0. The first kappa shape index (κ1) is 28.1. The Morgan fingerprint density at radius 2 is 1.74 bits per heavy atom. The fraction of sp³-hybridized carbons (Fsp3) is 0.333. The Kier molecular flexibility index (Phi) is 8.52. The van der Waals surface area contributed by atoms with Crippen LogP contribution in [0.25, 0.3) is 28.5 Å². The highest BCUT2D eigenvalue weighted by Crippen LogP contribution is 2.41. The van der Waals surface area contributed by atoms with Crippen LogP contribution in [0.1, 0.15) is 72.0 Å². The van der Waals surface area contributed by atoms with E-state index in [1.54, 1.807) is 24.3 Å². The Morgan fingerprint density at radius 1 is 1.03 bits per heavy atom. The molecular weight excluding hydrogens is 503 g/mol. The van der Waals surface area contributed by atoms with E-state index in [9.17, 15) is 29.3 Å². The van der Waals surface area contributed by atoms with Gasteiger partial charge in [-0.1, -0.05) is 38.1 Å². The monoisotopic (exact) mass is 534 g/mol. The molecular formula is C30H31FN2O6. The Morgan fingerprint density at radius 3 is 2.38 bits per heavy atom. The van der Waals surface area contributed by atoms with E-state index >= 15 is 0 Å². The van der Waals surface area contributed by atoms with Crippen LogP contribution >= 0.6 is 0 Å². The van der Waals surface area contributed by atoms with Gasteiger partial charge in [0.05, 0.1) is 35.7 Å². The van der Waals surface area contributed by atoms with Gasteiger partial charge in [0.25, 0.3) is 0 Å². The fourth-order valence-corrected chi connectivity index (χ4v) is 4.99. The van der Waals surface area contributed by atoms with Crippen LogP contribution in [0.5, 0.6) is 0 Å². The van der Waals surface area contributed by atoms with E-state index < -0.39 is 30.6 Å². The van der Waals surface area contributed by atoms with Crippen LogP contribution in [-0.4, -0.2) is 54.5 Å². The highest BCUT2D eigenvalue weighted by molar-refractivity contribution is 5.88. The summed E-state index contributed by atoms with van der Waals surface area (Å²) in [6.45, 7) is 3.97. The maximum atomic E-state index is 13.9. The Balaban J connectivity index is 1.92. The summed E-state index contributed by atoms with van der Waals surface area (Å²) in [5, 5.41) is 38.8. The summed E-state index contributed by atoms with van der Waals surface area (Å²) in [6, 6.07) is 9.36. The van der Waals surface area contributed by atoms with Gasteiger partial charge in [-0.2, -0.15) is 0 Å². The van der Waals surface area contributed by atoms with Gasteiger partial charge in [-0.25, -0.2) is 14.2 Å². The normalized spacial score (nSPS) is 14.5. The minimum absolute atomic E-state index is 0.0290. The van der Waals surface area contributed by atoms with Crippen LogP contribution < -0.4 is 0 Å². The molecule has 0 radical (unpaired) electrons. The number of halogens is 1. The van der Waals surface area contributed by atoms with Gasteiger partial charge in [-0.15, -0.1) is 0 Å². The second-order valence-electron chi connectivity index (χ2n) is 10.0. The predicted molar refractivity (Wildman–Crippen MR) is 144 cm³/mol. The number of benzene rings is 1. The molecule has 4 N–H and O–H groups in total. The quantitative estimate of drug-likeness (QED) is 0.305. The van der Waals surface area contributed by atoms with Crippen molar-refractivity contribution in [3.05, 3.63) is 76.5 Å². The molecule has 0 aliphatic heterocycles. The number of pyridine rings is 2. The van der Waals surface area contributed by atoms with Gasteiger partial charge in [0, 0.05) is 17.5 Å². The zero-order valence-electron chi connectivity index (χ0n) is 21.8. The van der Waals surface area contributed by atoms with Gasteiger partial charge in [0.15, 0.2) is 0 Å². The molecule has 0 spiro atoms. The average Bonchev–Trinajstić information content (AvgIpc) is 3.05. The Labute approximate surface area is 225 Å². The van der Waals surface area contributed by atoms with E-state index in [-0.39, 0.29) is 23.8 Å². The molecule has 0 bridgehead atoms. The van der Waals surface area contributed by atoms with Crippen LogP contribution in [-0.2, 0) is 17.6 Å². The van der Waals surface area contributed by atoms with Crippen LogP contribution in [0.15, 0.2) is 42.5 Å². The van der Waals surface area contributed by atoms with E-state index in [2.05, 4.69) is 4.98 Å². The molecule has 2 atom stereocenters. The summed E-state index contributed by atoms with van der Waals surface area (Å²) >= 11 is 0. The molecule has 1 aliphatic carbocycles. The lowest BCUT2D eigenvalue weighted by atomic mass is 9.86. The third kappa shape index (κ3) is 6.38. The lowest BCUT2D eigenvalue weighted by molar-refractivity contribution is -0.139. The summed E-state index contributed by atoms with van der Waals surface area (Å²) in [5.41, 5.74) is 6.04. The second kappa shape index (κ2) is 11.8. The molecule has 0 saturated carbocycles. The van der Waals surface area contributed by atoms with Crippen LogP contribution in [0.3, 0.4) is 0 Å². The SMILES string of the molecule is CC(C)c1nc2c(c(-c3ccc(F)cc3)c1C=C[C@@H](O)C[C@@H](O)CC(=O)O)CCCc1nc(C(=O)O)ccc1-2. The van der Waals surface area contributed by atoms with Gasteiger partial charge in [0.2, 0.25) is 0 Å². The van der Waals surface area contributed by atoms with E-state index in [1.807, 2.05) is 13.8 Å². The number of fused-ring (bicyclic) bond motifs is 3. The summed E-state index contributed by atoms with van der Waals surface area (Å²) < 4.78 is 13.9. The van der Waals surface area contributed by atoms with Crippen molar-refractivity contribution in [2.75, 3.05) is 0 Å². The van der Waals surface area contributed by atoms with E-state index in [0.717, 1.165) is 33.5 Å². The van der Waals surface area contributed by atoms with Gasteiger partial charge < -0.3 is 20.4 Å². The molecule has 2 heterocycles. The molecule has 8 nitrogen and oxygen atoms in total. The molecule has 4 rings (SSSR count). The molecule has 1 aromatic carbocycles. The minimum Gasteiger partial charge on any atom is -0.481 e. The van der Waals surface area contributed by atoms with E-state index in [4.69, 9.17) is 10.1 Å². The summed E-state index contributed by atoms with van der Waals surface area (Å²) in [5.74, 6) is -2.68. The number of hydrogen-bond acceptors (Lipinski definition) is 6. The van der Waals surface area contributed by atoms with Crippen LogP contribution in [0, 0.1) is 5.82 Å². The topological polar surface area (TPSA) is 141 Å². The van der Waals surface area contributed by atoms with E-state index in [0.29, 0.717) is 30.7 Å².